The zero-order chi connectivity index (χ0) is 21.6. The fourth-order valence-electron chi connectivity index (χ4n) is 4.39. The molecule has 162 valence electrons. The Morgan fingerprint density at radius 2 is 1.79 bits per heavy atom. The predicted molar refractivity (Wildman–Crippen MR) is 113 cm³/mol. The SMILES string of the molecule is COCCN1CCC2(CCN(S(=O)(=O)c3cc(C(C)(C)C)cc(C)c3C)C2)C1=O. The van der Waals surface area contributed by atoms with Crippen LogP contribution in [0.2, 0.25) is 0 Å². The molecule has 1 aromatic rings. The highest BCUT2D eigenvalue weighted by Gasteiger charge is 2.53. The summed E-state index contributed by atoms with van der Waals surface area (Å²) in [4.78, 5) is 15.2. The molecule has 3 rings (SSSR count). The van der Waals surface area contributed by atoms with E-state index in [-0.39, 0.29) is 17.9 Å². The molecule has 1 atom stereocenters. The monoisotopic (exact) mass is 422 g/mol. The first-order valence-corrected chi connectivity index (χ1v) is 11.8. The van der Waals surface area contributed by atoms with Gasteiger partial charge in [-0.1, -0.05) is 26.8 Å². The number of likely N-dealkylation sites (tertiary alicyclic amines) is 1. The molecule has 2 aliphatic rings. The van der Waals surface area contributed by atoms with Crippen LogP contribution in [-0.4, -0.2) is 63.4 Å². The van der Waals surface area contributed by atoms with E-state index in [1.54, 1.807) is 7.11 Å². The van der Waals surface area contributed by atoms with E-state index in [4.69, 9.17) is 4.74 Å². The van der Waals surface area contributed by atoms with E-state index in [1.807, 2.05) is 24.8 Å². The summed E-state index contributed by atoms with van der Waals surface area (Å²) in [6.07, 6.45) is 1.30. The number of sulfonamides is 1. The second-order valence-corrected chi connectivity index (χ2v) is 11.5. The summed E-state index contributed by atoms with van der Waals surface area (Å²) in [5.74, 6) is 0.0728. The molecule has 1 aromatic carbocycles. The molecule has 0 saturated carbocycles. The molecule has 1 amide bonds. The van der Waals surface area contributed by atoms with Crippen LogP contribution < -0.4 is 0 Å². The quantitative estimate of drug-likeness (QED) is 0.732. The first kappa shape index (κ1) is 22.2. The Kier molecular flexibility index (Phi) is 5.89. The van der Waals surface area contributed by atoms with Gasteiger partial charge in [-0.3, -0.25) is 4.79 Å². The maximum Gasteiger partial charge on any atom is 0.243 e. The van der Waals surface area contributed by atoms with Gasteiger partial charge in [-0.2, -0.15) is 4.31 Å². The summed E-state index contributed by atoms with van der Waals surface area (Å²) in [7, 11) is -2.04. The number of hydrogen-bond donors (Lipinski definition) is 0. The fraction of sp³-hybridized carbons (Fsp3) is 0.682. The van der Waals surface area contributed by atoms with Crippen molar-refractivity contribution < 1.29 is 17.9 Å². The van der Waals surface area contributed by atoms with Gasteiger partial charge in [0.15, 0.2) is 0 Å². The van der Waals surface area contributed by atoms with Crippen molar-refractivity contribution in [1.82, 2.24) is 9.21 Å². The topological polar surface area (TPSA) is 66.9 Å². The maximum atomic E-state index is 13.6. The molecule has 2 saturated heterocycles. The highest BCUT2D eigenvalue weighted by atomic mass is 32.2. The second kappa shape index (κ2) is 7.67. The summed E-state index contributed by atoms with van der Waals surface area (Å²) in [6, 6.07) is 3.90. The largest absolute Gasteiger partial charge is 0.383 e. The predicted octanol–water partition coefficient (Wildman–Crippen LogP) is 2.86. The van der Waals surface area contributed by atoms with Gasteiger partial charge in [0.25, 0.3) is 0 Å². The van der Waals surface area contributed by atoms with Crippen LogP contribution >= 0.6 is 0 Å². The van der Waals surface area contributed by atoms with E-state index in [9.17, 15) is 13.2 Å². The summed E-state index contributed by atoms with van der Waals surface area (Å²) in [6.45, 7) is 12.5. The molecule has 0 bridgehead atoms. The van der Waals surface area contributed by atoms with Gasteiger partial charge < -0.3 is 9.64 Å². The Labute approximate surface area is 175 Å². The van der Waals surface area contributed by atoms with Crippen LogP contribution in [0.15, 0.2) is 17.0 Å². The number of carbonyl (C=O) groups excluding carboxylic acids is 1. The highest BCUT2D eigenvalue weighted by molar-refractivity contribution is 7.89. The van der Waals surface area contributed by atoms with Gasteiger partial charge in [-0.15, -0.1) is 0 Å². The van der Waals surface area contributed by atoms with Gasteiger partial charge >= 0.3 is 0 Å². The van der Waals surface area contributed by atoms with Crippen LogP contribution in [0, 0.1) is 19.3 Å². The average Bonchev–Trinajstić information content (AvgIpc) is 3.21. The Balaban J connectivity index is 1.89. The number of methoxy groups -OCH3 is 1. The number of benzene rings is 1. The first-order valence-electron chi connectivity index (χ1n) is 10.3. The Bertz CT molecular complexity index is 904. The average molecular weight is 423 g/mol. The van der Waals surface area contributed by atoms with Crippen molar-refractivity contribution >= 4 is 15.9 Å². The van der Waals surface area contributed by atoms with Crippen LogP contribution in [0.25, 0.3) is 0 Å². The molecule has 0 aliphatic carbocycles. The normalized spacial score (nSPS) is 23.5. The summed E-state index contributed by atoms with van der Waals surface area (Å²) in [5, 5.41) is 0. The van der Waals surface area contributed by atoms with E-state index in [0.29, 0.717) is 44.0 Å². The molecular weight excluding hydrogens is 388 g/mol. The van der Waals surface area contributed by atoms with Crippen molar-refractivity contribution in [2.75, 3.05) is 39.9 Å². The minimum Gasteiger partial charge on any atom is -0.383 e. The minimum absolute atomic E-state index is 0.0728. The third-order valence-corrected chi connectivity index (χ3v) is 8.56. The van der Waals surface area contributed by atoms with Crippen LogP contribution in [0.4, 0.5) is 0 Å². The fourth-order valence-corrected chi connectivity index (χ4v) is 6.24. The van der Waals surface area contributed by atoms with E-state index in [1.165, 1.54) is 4.31 Å². The molecule has 7 heteroatoms. The smallest absolute Gasteiger partial charge is 0.243 e. The first-order chi connectivity index (χ1) is 13.4. The Morgan fingerprint density at radius 3 is 2.41 bits per heavy atom. The molecule has 2 heterocycles. The van der Waals surface area contributed by atoms with Crippen molar-refractivity contribution in [3.8, 4) is 0 Å². The number of hydrogen-bond acceptors (Lipinski definition) is 4. The second-order valence-electron chi connectivity index (χ2n) is 9.57. The third kappa shape index (κ3) is 3.97. The molecule has 1 unspecified atom stereocenters. The van der Waals surface area contributed by atoms with Crippen molar-refractivity contribution in [2.24, 2.45) is 5.41 Å². The number of amides is 1. The zero-order valence-electron chi connectivity index (χ0n) is 18.5. The molecule has 0 radical (unpaired) electrons. The lowest BCUT2D eigenvalue weighted by Crippen LogP contribution is -2.39. The van der Waals surface area contributed by atoms with Gasteiger partial charge in [0.2, 0.25) is 15.9 Å². The van der Waals surface area contributed by atoms with E-state index >= 15 is 0 Å². The van der Waals surface area contributed by atoms with E-state index < -0.39 is 15.4 Å². The molecule has 29 heavy (non-hydrogen) atoms. The van der Waals surface area contributed by atoms with Crippen molar-refractivity contribution in [2.45, 2.75) is 57.8 Å². The molecule has 0 N–H and O–H groups in total. The Morgan fingerprint density at radius 1 is 1.14 bits per heavy atom. The molecular formula is C22H34N2O4S. The lowest BCUT2D eigenvalue weighted by atomic mass is 9.85. The highest BCUT2D eigenvalue weighted by Crippen LogP contribution is 2.43. The van der Waals surface area contributed by atoms with Crippen LogP contribution in [0.3, 0.4) is 0 Å². The molecule has 1 spiro atoms. The van der Waals surface area contributed by atoms with E-state index in [0.717, 1.165) is 16.7 Å². The van der Waals surface area contributed by atoms with Gasteiger partial charge in [0, 0.05) is 33.3 Å². The standard InChI is InChI=1S/C22H34N2O4S/c1-16-13-18(21(3,4)5)14-19(17(16)2)29(26,27)24-10-8-22(15-24)7-9-23(20(22)25)11-12-28-6/h13-14H,7-12,15H2,1-6H3. The van der Waals surface area contributed by atoms with Crippen LogP contribution in [0.5, 0.6) is 0 Å². The number of aryl methyl sites for hydroxylation is 1. The van der Waals surface area contributed by atoms with Crippen LogP contribution in [0.1, 0.15) is 50.3 Å². The zero-order valence-corrected chi connectivity index (χ0v) is 19.4. The minimum atomic E-state index is -3.66. The van der Waals surface area contributed by atoms with Gasteiger partial charge in [-0.25, -0.2) is 8.42 Å². The van der Waals surface area contributed by atoms with Crippen molar-refractivity contribution in [3.05, 3.63) is 28.8 Å². The van der Waals surface area contributed by atoms with Gasteiger partial charge in [0.05, 0.1) is 16.9 Å². The third-order valence-electron chi connectivity index (χ3n) is 6.59. The number of carbonyl (C=O) groups is 1. The lowest BCUT2D eigenvalue weighted by Gasteiger charge is -2.26. The Hall–Kier alpha value is -1.44. The molecule has 0 aromatic heterocycles. The molecule has 6 nitrogen and oxygen atoms in total. The maximum absolute atomic E-state index is 13.6. The van der Waals surface area contributed by atoms with Gasteiger partial charge in [0.1, 0.15) is 0 Å². The lowest BCUT2D eigenvalue weighted by molar-refractivity contribution is -0.135. The number of nitrogens with zero attached hydrogens (tertiary/aromatic N) is 2. The van der Waals surface area contributed by atoms with Crippen molar-refractivity contribution in [1.29, 1.82) is 0 Å². The summed E-state index contributed by atoms with van der Waals surface area (Å²) in [5.41, 5.74) is 2.06. The summed E-state index contributed by atoms with van der Waals surface area (Å²) >= 11 is 0. The van der Waals surface area contributed by atoms with Gasteiger partial charge in [-0.05, 0) is 54.9 Å². The van der Waals surface area contributed by atoms with E-state index in [2.05, 4.69) is 26.8 Å². The van der Waals surface area contributed by atoms with Crippen LogP contribution in [-0.2, 0) is 25.0 Å². The van der Waals surface area contributed by atoms with Crippen molar-refractivity contribution in [3.63, 3.8) is 0 Å². The number of rotatable bonds is 5. The molecule has 2 aliphatic heterocycles. The number of ether oxygens (including phenoxy) is 1. The molecule has 2 fully saturated rings. The summed E-state index contributed by atoms with van der Waals surface area (Å²) < 4.78 is 33.8.